The average molecular weight is 547 g/mol. The first kappa shape index (κ1) is 24.0. The highest BCUT2D eigenvalue weighted by Crippen LogP contribution is 2.40. The van der Waals surface area contributed by atoms with Gasteiger partial charge in [-0.1, -0.05) is 97.1 Å². The van der Waals surface area contributed by atoms with E-state index in [0.29, 0.717) is 0 Å². The van der Waals surface area contributed by atoms with Crippen molar-refractivity contribution in [2.24, 2.45) is 0 Å². The molecule has 1 atom stereocenters. The Kier molecular flexibility index (Phi) is 5.47. The molecule has 5 heteroatoms. The third-order valence-electron chi connectivity index (χ3n) is 7.99. The highest BCUT2D eigenvalue weighted by Gasteiger charge is 2.31. The van der Waals surface area contributed by atoms with Crippen LogP contribution >= 0.6 is 11.3 Å². The molecule has 0 N–H and O–H groups in total. The molecule has 1 aliphatic carbocycles. The third-order valence-corrected chi connectivity index (χ3v) is 9.15. The van der Waals surface area contributed by atoms with E-state index in [1.807, 2.05) is 12.1 Å². The number of fused-ring (bicyclic) bond motifs is 5. The van der Waals surface area contributed by atoms with E-state index in [4.69, 9.17) is 15.0 Å². The zero-order valence-electron chi connectivity index (χ0n) is 22.5. The van der Waals surface area contributed by atoms with E-state index in [-0.39, 0.29) is 5.41 Å². The Hall–Kier alpha value is -4.87. The first-order valence-electron chi connectivity index (χ1n) is 13.8. The Labute approximate surface area is 242 Å². The molecule has 8 rings (SSSR count). The monoisotopic (exact) mass is 546 g/mol. The van der Waals surface area contributed by atoms with Gasteiger partial charge in [-0.25, -0.2) is 15.0 Å². The molecule has 41 heavy (non-hydrogen) atoms. The minimum atomic E-state index is -0.366. The molecule has 4 nitrogen and oxygen atoms in total. The maximum atomic E-state index is 5.16. The molecule has 1 unspecified atom stereocenters. The number of imidazole rings is 1. The molecule has 3 aromatic carbocycles. The minimum absolute atomic E-state index is 0.366. The summed E-state index contributed by atoms with van der Waals surface area (Å²) in [4.78, 5) is 16.5. The number of hydrogen-bond acceptors (Lipinski definition) is 4. The topological polar surface area (TPSA) is 43.1 Å². The molecule has 0 radical (unpaired) electrons. The van der Waals surface area contributed by atoms with Crippen LogP contribution in [0, 0.1) is 0 Å². The molecule has 0 saturated heterocycles. The number of pyridine rings is 1. The summed E-state index contributed by atoms with van der Waals surface area (Å²) in [6.07, 6.45) is 9.66. The van der Waals surface area contributed by atoms with E-state index < -0.39 is 0 Å². The summed E-state index contributed by atoms with van der Waals surface area (Å²) in [5.41, 5.74) is 8.18. The quantitative estimate of drug-likeness (QED) is 0.221. The predicted octanol–water partition coefficient (Wildman–Crippen LogP) is 9.13. The number of thiophene rings is 1. The number of aromatic nitrogens is 4. The average Bonchev–Trinajstić information content (AvgIpc) is 3.58. The number of allylic oxidation sites excluding steroid dienone is 4. The lowest BCUT2D eigenvalue weighted by atomic mass is 9.77. The minimum Gasteiger partial charge on any atom is -0.290 e. The highest BCUT2D eigenvalue weighted by molar-refractivity contribution is 7.25. The van der Waals surface area contributed by atoms with E-state index in [1.165, 1.54) is 26.1 Å². The summed E-state index contributed by atoms with van der Waals surface area (Å²) in [6, 6.07) is 35.7. The highest BCUT2D eigenvalue weighted by atomic mass is 32.1. The molecule has 7 aromatic rings. The molecular weight excluding hydrogens is 520 g/mol. The van der Waals surface area contributed by atoms with Crippen LogP contribution in [0.2, 0.25) is 0 Å². The Bertz CT molecular complexity index is 2080. The molecule has 1 aliphatic rings. The summed E-state index contributed by atoms with van der Waals surface area (Å²) < 4.78 is 3.51. The third kappa shape index (κ3) is 4.09. The fourth-order valence-electron chi connectivity index (χ4n) is 5.80. The van der Waals surface area contributed by atoms with Crippen molar-refractivity contribution in [3.8, 4) is 22.5 Å². The van der Waals surface area contributed by atoms with Crippen LogP contribution in [0.15, 0.2) is 128 Å². The second kappa shape index (κ2) is 9.36. The molecule has 0 aliphatic heterocycles. The fraction of sp³-hybridized carbons (Fsp3) is 0.0833. The number of benzene rings is 3. The number of hydrogen-bond donors (Lipinski definition) is 0. The zero-order chi connectivity index (χ0) is 27.4. The van der Waals surface area contributed by atoms with Gasteiger partial charge in [-0.3, -0.25) is 4.40 Å². The second-order valence-corrected chi connectivity index (χ2v) is 11.9. The maximum absolute atomic E-state index is 5.16. The van der Waals surface area contributed by atoms with Crippen LogP contribution in [0.4, 0.5) is 0 Å². The van der Waals surface area contributed by atoms with Crippen LogP contribution < -0.4 is 0 Å². The second-order valence-electron chi connectivity index (χ2n) is 10.8. The molecular formula is C36H26N4S. The lowest BCUT2D eigenvalue weighted by molar-refractivity contribution is 0.565. The van der Waals surface area contributed by atoms with Gasteiger partial charge in [-0.15, -0.1) is 11.3 Å². The summed E-state index contributed by atoms with van der Waals surface area (Å²) in [6.45, 7) is 2.25. The van der Waals surface area contributed by atoms with E-state index >= 15 is 0 Å². The van der Waals surface area contributed by atoms with Crippen molar-refractivity contribution >= 4 is 43.0 Å². The van der Waals surface area contributed by atoms with Crippen molar-refractivity contribution in [1.82, 2.24) is 19.4 Å². The van der Waals surface area contributed by atoms with Crippen LogP contribution in [0.5, 0.6) is 0 Å². The SMILES string of the molecule is CC1(c2nc(-c3ccccc3)cc(-c3ccccc3)n2)C=CC=C(c2ccc3nc4c5ccccc5sc4n3c2)C1. The molecule has 0 bridgehead atoms. The lowest BCUT2D eigenvalue weighted by Gasteiger charge is -2.29. The molecule has 196 valence electrons. The normalized spacial score (nSPS) is 17.0. The van der Waals surface area contributed by atoms with Gasteiger partial charge in [0.25, 0.3) is 0 Å². The number of rotatable bonds is 4. The van der Waals surface area contributed by atoms with Gasteiger partial charge < -0.3 is 0 Å². The summed E-state index contributed by atoms with van der Waals surface area (Å²) in [5, 5.41) is 1.22. The Morgan fingerprint density at radius 2 is 1.41 bits per heavy atom. The molecule has 0 fully saturated rings. The van der Waals surface area contributed by atoms with Crippen molar-refractivity contribution in [3.05, 3.63) is 139 Å². The van der Waals surface area contributed by atoms with Crippen molar-refractivity contribution in [1.29, 1.82) is 0 Å². The molecule has 0 spiro atoms. The van der Waals surface area contributed by atoms with Crippen LogP contribution in [0.3, 0.4) is 0 Å². The smallest absolute Gasteiger partial charge is 0.139 e. The standard InChI is InChI=1S/C36H26N4S/c1-36(35-37-29(24-11-4-2-5-12-24)21-30(38-35)25-13-6-3-7-14-25)20-10-15-26(22-36)27-18-19-32-39-33-28-16-8-9-17-31(28)41-34(33)40(32)23-27/h2-21,23H,22H2,1H3. The Morgan fingerprint density at radius 1 is 0.732 bits per heavy atom. The Morgan fingerprint density at radius 3 is 2.15 bits per heavy atom. The zero-order valence-corrected chi connectivity index (χ0v) is 23.3. The van der Waals surface area contributed by atoms with Gasteiger partial charge in [0.15, 0.2) is 0 Å². The predicted molar refractivity (Wildman–Crippen MR) is 170 cm³/mol. The molecule has 4 aromatic heterocycles. The van der Waals surface area contributed by atoms with E-state index in [9.17, 15) is 0 Å². The first-order valence-corrected chi connectivity index (χ1v) is 14.6. The van der Waals surface area contributed by atoms with E-state index in [1.54, 1.807) is 11.3 Å². The van der Waals surface area contributed by atoms with Gasteiger partial charge in [0, 0.05) is 32.8 Å². The van der Waals surface area contributed by atoms with Crippen molar-refractivity contribution in [2.75, 3.05) is 0 Å². The molecule has 4 heterocycles. The van der Waals surface area contributed by atoms with Gasteiger partial charge in [-0.05, 0) is 48.7 Å². The van der Waals surface area contributed by atoms with Gasteiger partial charge in [-0.2, -0.15) is 0 Å². The maximum Gasteiger partial charge on any atom is 0.139 e. The van der Waals surface area contributed by atoms with Crippen molar-refractivity contribution in [3.63, 3.8) is 0 Å². The van der Waals surface area contributed by atoms with Gasteiger partial charge in [0.05, 0.1) is 11.4 Å². The van der Waals surface area contributed by atoms with E-state index in [2.05, 4.69) is 127 Å². The summed E-state index contributed by atoms with van der Waals surface area (Å²) in [5.74, 6) is 0.829. The van der Waals surface area contributed by atoms with Crippen LogP contribution in [-0.4, -0.2) is 19.4 Å². The van der Waals surface area contributed by atoms with Gasteiger partial charge in [0.2, 0.25) is 0 Å². The van der Waals surface area contributed by atoms with Crippen LogP contribution in [-0.2, 0) is 5.41 Å². The molecule has 0 amide bonds. The largest absolute Gasteiger partial charge is 0.290 e. The lowest BCUT2D eigenvalue weighted by Crippen LogP contribution is -2.25. The molecule has 0 saturated carbocycles. The summed E-state index contributed by atoms with van der Waals surface area (Å²) >= 11 is 1.80. The van der Waals surface area contributed by atoms with Crippen LogP contribution in [0.25, 0.3) is 54.2 Å². The summed E-state index contributed by atoms with van der Waals surface area (Å²) in [7, 11) is 0. The van der Waals surface area contributed by atoms with Gasteiger partial charge >= 0.3 is 0 Å². The van der Waals surface area contributed by atoms with E-state index in [0.717, 1.165) is 45.9 Å². The first-order chi connectivity index (χ1) is 20.1. The fourth-order valence-corrected chi connectivity index (χ4v) is 6.93. The Balaban J connectivity index is 1.21. The van der Waals surface area contributed by atoms with Crippen molar-refractivity contribution in [2.45, 2.75) is 18.8 Å². The van der Waals surface area contributed by atoms with Crippen LogP contribution in [0.1, 0.15) is 24.7 Å². The van der Waals surface area contributed by atoms with Crippen molar-refractivity contribution < 1.29 is 0 Å². The van der Waals surface area contributed by atoms with Gasteiger partial charge in [0.1, 0.15) is 21.8 Å². The number of nitrogens with zero attached hydrogens (tertiary/aromatic N) is 4.